The van der Waals surface area contributed by atoms with E-state index in [9.17, 15) is 29.9 Å². The Morgan fingerprint density at radius 1 is 1.13 bits per heavy atom. The summed E-state index contributed by atoms with van der Waals surface area (Å²) in [4.78, 5) is 34.5. The lowest BCUT2D eigenvalue weighted by molar-refractivity contribution is -0.347. The lowest BCUT2D eigenvalue weighted by Gasteiger charge is -2.31. The zero-order chi connectivity index (χ0) is 17.6. The van der Waals surface area contributed by atoms with E-state index in [-0.39, 0.29) is 6.42 Å². The smallest absolute Gasteiger partial charge is 0.337 e. The van der Waals surface area contributed by atoms with Crippen LogP contribution in [0.25, 0.3) is 0 Å². The van der Waals surface area contributed by atoms with Gasteiger partial charge in [-0.2, -0.15) is 0 Å². The zero-order valence-electron chi connectivity index (χ0n) is 12.1. The Morgan fingerprint density at radius 3 is 2.13 bits per heavy atom. The van der Waals surface area contributed by atoms with Crippen LogP contribution >= 0.6 is 0 Å². The number of aliphatic carboxylic acids is 2. The largest absolute Gasteiger partial charge is 0.480 e. The predicted octanol–water partition coefficient (Wildman–Crippen LogP) is -0.106. The molecule has 9 nitrogen and oxygen atoms in total. The molecule has 0 aliphatic heterocycles. The number of carbonyl (C=O) groups excluding carboxylic acids is 1. The summed E-state index contributed by atoms with van der Waals surface area (Å²) >= 11 is 0. The second kappa shape index (κ2) is 7.79. The molecule has 0 spiro atoms. The van der Waals surface area contributed by atoms with Crippen LogP contribution < -0.4 is 5.73 Å². The second-order valence-corrected chi connectivity index (χ2v) is 5.02. The van der Waals surface area contributed by atoms with Crippen LogP contribution in [-0.4, -0.2) is 55.2 Å². The summed E-state index contributed by atoms with van der Waals surface area (Å²) in [6, 6.07) is 6.58. The highest BCUT2D eigenvalue weighted by Crippen LogP contribution is 2.23. The molecule has 0 radical (unpaired) electrons. The maximum atomic E-state index is 12.3. The minimum atomic E-state index is -2.64. The number of carboxylic acids is 2. The van der Waals surface area contributed by atoms with Crippen molar-refractivity contribution in [2.75, 3.05) is 0 Å². The first kappa shape index (κ1) is 18.7. The molecule has 0 aliphatic carbocycles. The van der Waals surface area contributed by atoms with E-state index in [4.69, 9.17) is 10.8 Å². The third-order valence-electron chi connectivity index (χ3n) is 3.46. The maximum Gasteiger partial charge on any atom is 0.337 e. The number of Topliss-reactive ketones (excluding diaryl/α,β-unsaturated/α-hetero) is 1. The molecule has 0 amide bonds. The molecule has 2 atom stereocenters. The number of hydroxylamine groups is 2. The van der Waals surface area contributed by atoms with Gasteiger partial charge in [-0.1, -0.05) is 30.3 Å². The first-order valence-corrected chi connectivity index (χ1v) is 6.68. The first-order valence-electron chi connectivity index (χ1n) is 6.68. The maximum absolute atomic E-state index is 12.3. The van der Waals surface area contributed by atoms with E-state index >= 15 is 0 Å². The Hall–Kier alpha value is -2.33. The van der Waals surface area contributed by atoms with E-state index < -0.39 is 47.4 Å². The molecule has 0 aromatic heterocycles. The molecule has 0 saturated heterocycles. The first-order chi connectivity index (χ1) is 10.7. The van der Waals surface area contributed by atoms with Gasteiger partial charge >= 0.3 is 11.9 Å². The molecule has 0 heterocycles. The topological polar surface area (TPSA) is 161 Å². The van der Waals surface area contributed by atoms with E-state index in [0.29, 0.717) is 5.56 Å². The van der Waals surface area contributed by atoms with Gasteiger partial charge in [0.25, 0.3) is 0 Å². The minimum absolute atomic E-state index is 0.328. The normalized spacial score (nSPS) is 15.0. The van der Waals surface area contributed by atoms with Crippen LogP contribution in [-0.2, 0) is 20.8 Å². The number of benzene rings is 1. The van der Waals surface area contributed by atoms with Gasteiger partial charge in [-0.3, -0.25) is 20.0 Å². The van der Waals surface area contributed by atoms with Crippen molar-refractivity contribution < 1.29 is 35.0 Å². The highest BCUT2D eigenvalue weighted by atomic mass is 16.8. The molecule has 0 aliphatic rings. The molecule has 0 bridgehead atoms. The molecule has 9 heteroatoms. The summed E-state index contributed by atoms with van der Waals surface area (Å²) in [5, 5.41) is 36.2. The van der Waals surface area contributed by atoms with E-state index in [1.54, 1.807) is 18.2 Å². The molecule has 0 unspecified atom stereocenters. The van der Waals surface area contributed by atoms with Gasteiger partial charge in [-0.15, -0.1) is 0 Å². The third-order valence-corrected chi connectivity index (χ3v) is 3.46. The van der Waals surface area contributed by atoms with Crippen LogP contribution in [0.15, 0.2) is 30.3 Å². The van der Waals surface area contributed by atoms with Gasteiger partial charge < -0.3 is 15.9 Å². The van der Waals surface area contributed by atoms with Crippen LogP contribution in [0.3, 0.4) is 0 Å². The second-order valence-electron chi connectivity index (χ2n) is 5.02. The van der Waals surface area contributed by atoms with Gasteiger partial charge in [0.1, 0.15) is 6.04 Å². The summed E-state index contributed by atoms with van der Waals surface area (Å²) in [6.07, 6.45) is -1.37. The van der Waals surface area contributed by atoms with Crippen molar-refractivity contribution in [3.05, 3.63) is 35.9 Å². The summed E-state index contributed by atoms with van der Waals surface area (Å²) < 4.78 is 0. The Kier molecular flexibility index (Phi) is 6.34. The molecular weight excluding hydrogens is 308 g/mol. The van der Waals surface area contributed by atoms with Gasteiger partial charge in [0.2, 0.25) is 5.54 Å². The summed E-state index contributed by atoms with van der Waals surface area (Å²) in [7, 11) is 0. The summed E-state index contributed by atoms with van der Waals surface area (Å²) in [5.41, 5.74) is 3.02. The average Bonchev–Trinajstić information content (AvgIpc) is 2.49. The van der Waals surface area contributed by atoms with Crippen LogP contribution in [0.2, 0.25) is 0 Å². The lowest BCUT2D eigenvalue weighted by atomic mass is 9.84. The van der Waals surface area contributed by atoms with Gasteiger partial charge in [-0.25, -0.2) is 4.79 Å². The molecule has 0 fully saturated rings. The highest BCUT2D eigenvalue weighted by molar-refractivity contribution is 6.07. The van der Waals surface area contributed by atoms with E-state index in [0.717, 1.165) is 0 Å². The molecule has 1 aromatic rings. The number of hydrogen-bond acceptors (Lipinski definition) is 7. The number of ketones is 1. The van der Waals surface area contributed by atoms with Crippen LogP contribution in [0.5, 0.6) is 0 Å². The quantitative estimate of drug-likeness (QED) is 0.308. The standard InChI is InChI=1S/C14H18N2O7/c15-10(12(18)19)6-7-11(17)14(13(20)21,16(22)23)8-9-4-2-1-3-5-9/h1-5,10,22-23H,6-8,15H2,(H,18,19)(H,20,21)/t10-,14+/m0/s1. The van der Waals surface area contributed by atoms with Crippen LogP contribution in [0, 0.1) is 0 Å². The number of rotatable bonds is 9. The third kappa shape index (κ3) is 4.33. The average molecular weight is 326 g/mol. The van der Waals surface area contributed by atoms with Crippen molar-refractivity contribution in [2.45, 2.75) is 30.8 Å². The lowest BCUT2D eigenvalue weighted by Crippen LogP contribution is -2.59. The molecule has 0 saturated carbocycles. The monoisotopic (exact) mass is 326 g/mol. The Labute approximate surface area is 131 Å². The Bertz CT molecular complexity index is 576. The molecule has 1 rings (SSSR count). The molecule has 126 valence electrons. The van der Waals surface area contributed by atoms with Crippen molar-refractivity contribution in [3.8, 4) is 0 Å². The van der Waals surface area contributed by atoms with Crippen molar-refractivity contribution in [2.24, 2.45) is 5.73 Å². The number of hydrogen-bond donors (Lipinski definition) is 5. The Morgan fingerprint density at radius 2 is 1.70 bits per heavy atom. The highest BCUT2D eigenvalue weighted by Gasteiger charge is 2.51. The molecule has 1 aromatic carbocycles. The minimum Gasteiger partial charge on any atom is -0.480 e. The number of carboxylic acid groups (broad SMARTS) is 2. The zero-order valence-corrected chi connectivity index (χ0v) is 12.1. The molecular formula is C14H18N2O7. The van der Waals surface area contributed by atoms with Gasteiger partial charge in [0.15, 0.2) is 5.78 Å². The summed E-state index contributed by atoms with van der Waals surface area (Å²) in [5.74, 6) is -4.16. The SMILES string of the molecule is N[C@@H](CCC(=O)[C@](Cc1ccccc1)(C(=O)O)N(O)O)C(=O)O. The van der Waals surface area contributed by atoms with Crippen molar-refractivity contribution >= 4 is 17.7 Å². The van der Waals surface area contributed by atoms with Gasteiger partial charge in [0.05, 0.1) is 0 Å². The predicted molar refractivity (Wildman–Crippen MR) is 75.8 cm³/mol. The fourth-order valence-electron chi connectivity index (χ4n) is 2.07. The fourth-order valence-corrected chi connectivity index (χ4v) is 2.07. The van der Waals surface area contributed by atoms with E-state index in [1.807, 2.05) is 0 Å². The van der Waals surface area contributed by atoms with Crippen LogP contribution in [0.4, 0.5) is 0 Å². The van der Waals surface area contributed by atoms with E-state index in [2.05, 4.69) is 0 Å². The number of carbonyl (C=O) groups is 3. The van der Waals surface area contributed by atoms with Crippen molar-refractivity contribution in [1.29, 1.82) is 0 Å². The number of nitrogens with two attached hydrogens (primary N) is 1. The molecule has 23 heavy (non-hydrogen) atoms. The van der Waals surface area contributed by atoms with Crippen molar-refractivity contribution in [3.63, 3.8) is 0 Å². The Balaban J connectivity index is 3.06. The van der Waals surface area contributed by atoms with Gasteiger partial charge in [0, 0.05) is 12.8 Å². The van der Waals surface area contributed by atoms with Crippen LogP contribution in [0.1, 0.15) is 18.4 Å². The molecule has 6 N–H and O–H groups in total. The number of nitrogens with zero attached hydrogens (tertiary/aromatic N) is 1. The summed E-state index contributed by atoms with van der Waals surface area (Å²) in [6.45, 7) is 0. The van der Waals surface area contributed by atoms with Gasteiger partial charge in [-0.05, 0) is 17.2 Å². The van der Waals surface area contributed by atoms with Crippen molar-refractivity contribution in [1.82, 2.24) is 5.23 Å². The van der Waals surface area contributed by atoms with E-state index in [1.165, 1.54) is 12.1 Å². The fraction of sp³-hybridized carbons (Fsp3) is 0.357.